The molecule has 5 heterocycles. The summed E-state index contributed by atoms with van der Waals surface area (Å²) in [6.07, 6.45) is 6.77. The monoisotopic (exact) mass is 662 g/mol. The molecule has 11 nitrogen and oxygen atoms in total. The van der Waals surface area contributed by atoms with Crippen molar-refractivity contribution < 1.29 is 18.8 Å². The van der Waals surface area contributed by atoms with E-state index in [2.05, 4.69) is 48.9 Å². The fourth-order valence-corrected chi connectivity index (χ4v) is 7.67. The number of piperidine rings is 1. The number of amides is 1. The predicted molar refractivity (Wildman–Crippen MR) is 181 cm³/mol. The molecular formula is C34H40ClFN8O3. The molecule has 0 unspecified atom stereocenters. The number of aromatic nitrogens is 2. The first-order valence-corrected chi connectivity index (χ1v) is 16.5. The lowest BCUT2D eigenvalue weighted by Crippen LogP contribution is -2.52. The van der Waals surface area contributed by atoms with Crippen LogP contribution in [0, 0.1) is 5.82 Å². The molecule has 2 N–H and O–H groups in total. The van der Waals surface area contributed by atoms with Crippen LogP contribution in [-0.2, 0) is 9.63 Å². The second kappa shape index (κ2) is 13.3. The van der Waals surface area contributed by atoms with E-state index in [4.69, 9.17) is 21.2 Å². The Hall–Kier alpha value is -3.97. The maximum absolute atomic E-state index is 14.3. The molecule has 1 aromatic heterocycles. The number of hydrogen-bond acceptors (Lipinski definition) is 10. The number of fused-ring (bicyclic) bond motifs is 2. The van der Waals surface area contributed by atoms with E-state index in [1.54, 1.807) is 30.4 Å². The van der Waals surface area contributed by atoms with Gasteiger partial charge < -0.3 is 25.2 Å². The number of benzene rings is 2. The highest BCUT2D eigenvalue weighted by Crippen LogP contribution is 2.41. The van der Waals surface area contributed by atoms with Gasteiger partial charge in [0.25, 0.3) is 0 Å². The third-order valence-electron chi connectivity index (χ3n) is 9.97. The second-order valence-corrected chi connectivity index (χ2v) is 13.1. The molecule has 13 heteroatoms. The molecule has 0 spiro atoms. The highest BCUT2D eigenvalue weighted by atomic mass is 35.5. The van der Waals surface area contributed by atoms with Crippen LogP contribution in [0.2, 0.25) is 5.02 Å². The Morgan fingerprint density at radius 1 is 1.09 bits per heavy atom. The van der Waals surface area contributed by atoms with Crippen LogP contribution in [0.1, 0.15) is 37.3 Å². The van der Waals surface area contributed by atoms with Crippen LogP contribution >= 0.6 is 11.6 Å². The molecule has 0 radical (unpaired) electrons. The van der Waals surface area contributed by atoms with Gasteiger partial charge in [-0.3, -0.25) is 14.5 Å². The number of halogens is 2. The van der Waals surface area contributed by atoms with Gasteiger partial charge in [-0.2, -0.15) is 0 Å². The summed E-state index contributed by atoms with van der Waals surface area (Å²) in [4.78, 5) is 34.9. The minimum Gasteiger partial charge on any atom is -0.494 e. The average Bonchev–Trinajstić information content (AvgIpc) is 3.83. The van der Waals surface area contributed by atoms with Crippen molar-refractivity contribution in [2.45, 2.75) is 49.9 Å². The number of carbonyl (C=O) groups is 1. The Morgan fingerprint density at radius 2 is 1.91 bits per heavy atom. The van der Waals surface area contributed by atoms with Crippen molar-refractivity contribution in [3.63, 3.8) is 0 Å². The molecule has 0 saturated carbocycles. The Morgan fingerprint density at radius 3 is 2.62 bits per heavy atom. The number of hydroxylamine groups is 1. The topological polar surface area (TPSA) is 98.3 Å². The summed E-state index contributed by atoms with van der Waals surface area (Å²) in [6.45, 7) is 8.19. The van der Waals surface area contributed by atoms with Gasteiger partial charge in [-0.15, -0.1) is 0 Å². The van der Waals surface area contributed by atoms with E-state index in [1.165, 1.54) is 24.9 Å². The number of hydrogen-bond donors (Lipinski definition) is 2. The smallest absolute Gasteiger partial charge is 0.247 e. The molecule has 4 fully saturated rings. The van der Waals surface area contributed by atoms with Gasteiger partial charge in [-0.05, 0) is 56.1 Å². The van der Waals surface area contributed by atoms with Crippen molar-refractivity contribution in [2.24, 2.45) is 0 Å². The number of likely N-dealkylation sites (N-methyl/N-ethyl adjacent to an activating group) is 1. The van der Waals surface area contributed by atoms with Crippen molar-refractivity contribution in [3.8, 4) is 5.75 Å². The molecule has 3 atom stereocenters. The van der Waals surface area contributed by atoms with E-state index in [9.17, 15) is 9.18 Å². The largest absolute Gasteiger partial charge is 0.494 e. The number of piperazine rings is 1. The normalized spacial score (nSPS) is 23.4. The first-order chi connectivity index (χ1) is 22.8. The van der Waals surface area contributed by atoms with Gasteiger partial charge in [0.15, 0.2) is 5.82 Å². The lowest BCUT2D eigenvalue weighted by Gasteiger charge is -2.43. The maximum atomic E-state index is 14.3. The molecule has 4 aliphatic heterocycles. The predicted octanol–water partition coefficient (Wildman–Crippen LogP) is 5.39. The minimum absolute atomic E-state index is 0.0720. The summed E-state index contributed by atoms with van der Waals surface area (Å²) in [7, 11) is 3.86. The van der Waals surface area contributed by atoms with Gasteiger partial charge in [0.1, 0.15) is 23.7 Å². The van der Waals surface area contributed by atoms with E-state index in [-0.39, 0.29) is 17.0 Å². The van der Waals surface area contributed by atoms with Gasteiger partial charge in [-0.1, -0.05) is 24.2 Å². The molecule has 248 valence electrons. The summed E-state index contributed by atoms with van der Waals surface area (Å²) in [6, 6.07) is 12.0. The standard InChI is InChI=1S/C34H40ClFN8O3/c1-4-34(45)40-27-15-28(31(46-3)16-30(27)42-10-7-22(8-11-42)43-19-23-14-24(43)18-41(23)2)39-32-17-33(38-20-37-32)44-29(9-12-47-44)21-5-6-25(35)26(36)13-21/h4-6,13,15-17,20,22-24,29H,1,7-12,14,18-19H2,2-3H3,(H,40,45)(H,37,38,39)/t23-,24-,29-/m1/s1. The first kappa shape index (κ1) is 31.6. The number of anilines is 5. The third-order valence-corrected chi connectivity index (χ3v) is 10.3. The number of likely N-dealkylation sites (tertiary alicyclic amines) is 2. The third kappa shape index (κ3) is 6.34. The Labute approximate surface area is 279 Å². The summed E-state index contributed by atoms with van der Waals surface area (Å²) < 4.78 is 20.1. The van der Waals surface area contributed by atoms with Gasteiger partial charge >= 0.3 is 0 Å². The Balaban J connectivity index is 1.11. The van der Waals surface area contributed by atoms with Crippen LogP contribution in [0.3, 0.4) is 0 Å². The SMILES string of the molecule is C=CC(=O)Nc1cc(Nc2cc(N3OCC[C@@H]3c3ccc(Cl)c(F)c3)ncn2)c(OC)cc1N1CCC(N2C[C@H]3C[C@@H]2CN3C)CC1. The summed E-state index contributed by atoms with van der Waals surface area (Å²) >= 11 is 5.92. The van der Waals surface area contributed by atoms with E-state index < -0.39 is 5.82 Å². The van der Waals surface area contributed by atoms with E-state index in [1.807, 2.05) is 12.1 Å². The molecular weight excluding hydrogens is 623 g/mol. The first-order valence-electron chi connectivity index (χ1n) is 16.1. The molecule has 47 heavy (non-hydrogen) atoms. The summed E-state index contributed by atoms with van der Waals surface area (Å²) in [5.74, 6) is 0.828. The molecule has 3 aromatic rings. The Kier molecular flexibility index (Phi) is 8.93. The fraction of sp³-hybridized carbons (Fsp3) is 0.441. The number of ether oxygens (including phenoxy) is 1. The molecule has 7 rings (SSSR count). The van der Waals surface area contributed by atoms with Crippen molar-refractivity contribution in [3.05, 3.63) is 71.8 Å². The number of rotatable bonds is 9. The summed E-state index contributed by atoms with van der Waals surface area (Å²) in [5.41, 5.74) is 2.91. The molecule has 4 aliphatic rings. The summed E-state index contributed by atoms with van der Waals surface area (Å²) in [5, 5.41) is 8.09. The average molecular weight is 663 g/mol. The van der Waals surface area contributed by atoms with Gasteiger partial charge in [0.05, 0.1) is 41.8 Å². The van der Waals surface area contributed by atoms with E-state index in [0.29, 0.717) is 59.9 Å². The van der Waals surface area contributed by atoms with E-state index >= 15 is 0 Å². The fourth-order valence-electron chi connectivity index (χ4n) is 7.55. The van der Waals surface area contributed by atoms with Crippen molar-refractivity contribution in [2.75, 3.05) is 67.5 Å². The van der Waals surface area contributed by atoms with Crippen molar-refractivity contribution in [1.29, 1.82) is 0 Å². The van der Waals surface area contributed by atoms with Crippen LogP contribution in [-0.4, -0.2) is 90.7 Å². The van der Waals surface area contributed by atoms with Gasteiger partial charge in [0, 0.05) is 62.9 Å². The van der Waals surface area contributed by atoms with Gasteiger partial charge in [-0.25, -0.2) is 19.4 Å². The molecule has 2 aromatic carbocycles. The zero-order valence-corrected chi connectivity index (χ0v) is 27.4. The lowest BCUT2D eigenvalue weighted by atomic mass is 10.0. The number of nitrogens with one attached hydrogen (secondary N) is 2. The van der Waals surface area contributed by atoms with Gasteiger partial charge in [0.2, 0.25) is 5.91 Å². The lowest BCUT2D eigenvalue weighted by molar-refractivity contribution is -0.111. The quantitative estimate of drug-likeness (QED) is 0.291. The minimum atomic E-state index is -0.480. The highest BCUT2D eigenvalue weighted by molar-refractivity contribution is 6.30. The van der Waals surface area contributed by atoms with Crippen LogP contribution in [0.25, 0.3) is 0 Å². The zero-order valence-electron chi connectivity index (χ0n) is 26.7. The number of methoxy groups -OCH3 is 1. The second-order valence-electron chi connectivity index (χ2n) is 12.7. The number of nitrogens with zero attached hydrogens (tertiary/aromatic N) is 6. The van der Waals surface area contributed by atoms with Crippen LogP contribution in [0.15, 0.2) is 55.4 Å². The van der Waals surface area contributed by atoms with Crippen LogP contribution < -0.4 is 25.3 Å². The molecule has 0 aliphatic carbocycles. The maximum Gasteiger partial charge on any atom is 0.247 e. The molecule has 1 amide bonds. The Bertz CT molecular complexity index is 1650. The van der Waals surface area contributed by atoms with E-state index in [0.717, 1.165) is 50.3 Å². The van der Waals surface area contributed by atoms with Crippen LogP contribution in [0.4, 0.5) is 33.1 Å². The zero-order chi connectivity index (χ0) is 32.7. The van der Waals surface area contributed by atoms with Crippen molar-refractivity contribution >= 4 is 46.2 Å². The van der Waals surface area contributed by atoms with Crippen LogP contribution in [0.5, 0.6) is 5.75 Å². The van der Waals surface area contributed by atoms with Crippen molar-refractivity contribution in [1.82, 2.24) is 19.8 Å². The number of carbonyl (C=O) groups excluding carboxylic acids is 1. The molecule has 2 bridgehead atoms. The molecule has 4 saturated heterocycles. The highest BCUT2D eigenvalue weighted by Gasteiger charge is 2.44.